The minimum Gasteiger partial charge on any atom is -0.452 e. The highest BCUT2D eigenvalue weighted by Gasteiger charge is 2.40. The van der Waals surface area contributed by atoms with Crippen molar-refractivity contribution < 1.29 is 9.21 Å². The van der Waals surface area contributed by atoms with Gasteiger partial charge < -0.3 is 15.1 Å². The quantitative estimate of drug-likeness (QED) is 0.773. The molecule has 0 unspecified atom stereocenters. The van der Waals surface area contributed by atoms with Crippen LogP contribution < -0.4 is 10.6 Å². The SMILES string of the molecule is Cc1cc([C@@H](C)N)c2oc3c(N4CCC(C)(C)C4=O)cnnc3c2c1. The second kappa shape index (κ2) is 5.26. The molecular formula is C19H22N4O2. The number of benzene rings is 1. The highest BCUT2D eigenvalue weighted by atomic mass is 16.3. The highest BCUT2D eigenvalue weighted by molar-refractivity contribution is 6.11. The molecule has 2 N–H and O–H groups in total. The molecular weight excluding hydrogens is 316 g/mol. The monoisotopic (exact) mass is 338 g/mol. The zero-order valence-electron chi connectivity index (χ0n) is 15.0. The van der Waals surface area contributed by atoms with E-state index in [0.29, 0.717) is 23.3 Å². The van der Waals surface area contributed by atoms with Gasteiger partial charge in [-0.15, -0.1) is 5.10 Å². The average molecular weight is 338 g/mol. The number of aromatic nitrogens is 2. The molecule has 0 radical (unpaired) electrons. The fourth-order valence-corrected chi connectivity index (χ4v) is 3.56. The Morgan fingerprint density at radius 2 is 2.08 bits per heavy atom. The van der Waals surface area contributed by atoms with Gasteiger partial charge in [0.2, 0.25) is 5.91 Å². The number of fused-ring (bicyclic) bond motifs is 3. The molecule has 6 nitrogen and oxygen atoms in total. The second-order valence-corrected chi connectivity index (χ2v) is 7.62. The van der Waals surface area contributed by atoms with Crippen molar-refractivity contribution in [3.63, 3.8) is 0 Å². The third-order valence-corrected chi connectivity index (χ3v) is 5.07. The maximum Gasteiger partial charge on any atom is 0.232 e. The number of rotatable bonds is 2. The van der Waals surface area contributed by atoms with Gasteiger partial charge >= 0.3 is 0 Å². The van der Waals surface area contributed by atoms with Crippen molar-refractivity contribution in [1.82, 2.24) is 10.2 Å². The lowest BCUT2D eigenvalue weighted by Crippen LogP contribution is -2.31. The van der Waals surface area contributed by atoms with Crippen LogP contribution in [0.2, 0.25) is 0 Å². The van der Waals surface area contributed by atoms with Crippen LogP contribution in [-0.4, -0.2) is 22.6 Å². The van der Waals surface area contributed by atoms with Gasteiger partial charge in [-0.05, 0) is 31.9 Å². The molecule has 1 atom stereocenters. The fourth-order valence-electron chi connectivity index (χ4n) is 3.56. The molecule has 3 aromatic rings. The van der Waals surface area contributed by atoms with Crippen LogP contribution in [0.15, 0.2) is 22.7 Å². The van der Waals surface area contributed by atoms with E-state index in [1.807, 2.05) is 39.8 Å². The minimum absolute atomic E-state index is 0.0888. The lowest BCUT2D eigenvalue weighted by atomic mass is 9.92. The molecule has 1 saturated heterocycles. The number of carbonyl (C=O) groups excluding carboxylic acids is 1. The van der Waals surface area contributed by atoms with E-state index in [1.54, 1.807) is 11.1 Å². The molecule has 2 aromatic heterocycles. The summed E-state index contributed by atoms with van der Waals surface area (Å²) in [6, 6.07) is 3.90. The molecule has 1 aromatic carbocycles. The Morgan fingerprint density at radius 3 is 2.72 bits per heavy atom. The summed E-state index contributed by atoms with van der Waals surface area (Å²) in [7, 11) is 0. The van der Waals surface area contributed by atoms with Gasteiger partial charge in [0.05, 0.1) is 6.20 Å². The fraction of sp³-hybridized carbons (Fsp3) is 0.421. The molecule has 0 bridgehead atoms. The van der Waals surface area contributed by atoms with Crippen LogP contribution in [0.3, 0.4) is 0 Å². The van der Waals surface area contributed by atoms with Crippen LogP contribution in [0.25, 0.3) is 22.1 Å². The van der Waals surface area contributed by atoms with Crippen molar-refractivity contribution in [2.24, 2.45) is 11.1 Å². The number of aryl methyl sites for hydroxylation is 1. The predicted molar refractivity (Wildman–Crippen MR) is 97.4 cm³/mol. The second-order valence-electron chi connectivity index (χ2n) is 7.62. The van der Waals surface area contributed by atoms with E-state index in [2.05, 4.69) is 10.2 Å². The standard InChI is InChI=1S/C19H22N4O2/c1-10-7-12(11(2)20)16-13(8-10)15-17(25-16)14(9-21-22-15)23-6-5-19(3,4)18(23)24/h7-9,11H,5-6,20H2,1-4H3/t11-/m1/s1. The molecule has 0 spiro atoms. The largest absolute Gasteiger partial charge is 0.452 e. The van der Waals surface area contributed by atoms with Crippen LogP contribution in [0.1, 0.15) is 44.4 Å². The minimum atomic E-state index is -0.366. The summed E-state index contributed by atoms with van der Waals surface area (Å²) in [5.74, 6) is 0.0888. The van der Waals surface area contributed by atoms with Gasteiger partial charge in [-0.3, -0.25) is 4.79 Å². The number of amides is 1. The molecule has 25 heavy (non-hydrogen) atoms. The number of carbonyl (C=O) groups is 1. The van der Waals surface area contributed by atoms with Crippen LogP contribution in [0, 0.1) is 12.3 Å². The average Bonchev–Trinajstić information content (AvgIpc) is 3.05. The Bertz CT molecular complexity index is 1000. The van der Waals surface area contributed by atoms with E-state index in [4.69, 9.17) is 10.2 Å². The number of anilines is 1. The third kappa shape index (κ3) is 2.32. The number of nitrogens with two attached hydrogens (primary N) is 1. The molecule has 1 aliphatic rings. The van der Waals surface area contributed by atoms with Crippen molar-refractivity contribution >= 4 is 33.7 Å². The number of hydrogen-bond acceptors (Lipinski definition) is 5. The van der Waals surface area contributed by atoms with Crippen LogP contribution in [0.5, 0.6) is 0 Å². The van der Waals surface area contributed by atoms with Gasteiger partial charge in [0.25, 0.3) is 0 Å². The first-order valence-corrected chi connectivity index (χ1v) is 8.55. The summed E-state index contributed by atoms with van der Waals surface area (Å²) >= 11 is 0. The molecule has 6 heteroatoms. The van der Waals surface area contributed by atoms with Crippen molar-refractivity contribution in [1.29, 1.82) is 0 Å². The van der Waals surface area contributed by atoms with Gasteiger partial charge in [-0.1, -0.05) is 19.9 Å². The molecule has 0 aliphatic carbocycles. The van der Waals surface area contributed by atoms with Gasteiger partial charge in [0.15, 0.2) is 5.58 Å². The van der Waals surface area contributed by atoms with Crippen molar-refractivity contribution in [2.45, 2.75) is 40.2 Å². The number of hydrogen-bond donors (Lipinski definition) is 1. The van der Waals surface area contributed by atoms with Crippen LogP contribution >= 0.6 is 0 Å². The third-order valence-electron chi connectivity index (χ3n) is 5.07. The molecule has 3 heterocycles. The van der Waals surface area contributed by atoms with E-state index in [0.717, 1.165) is 28.5 Å². The van der Waals surface area contributed by atoms with Gasteiger partial charge in [0.1, 0.15) is 16.8 Å². The zero-order chi connectivity index (χ0) is 17.9. The Hall–Kier alpha value is -2.47. The van der Waals surface area contributed by atoms with E-state index < -0.39 is 0 Å². The van der Waals surface area contributed by atoms with Crippen molar-refractivity contribution in [2.75, 3.05) is 11.4 Å². The normalized spacial score (nSPS) is 18.4. The Kier molecular flexibility index (Phi) is 3.37. The number of furan rings is 1. The summed E-state index contributed by atoms with van der Waals surface area (Å²) in [6.07, 6.45) is 2.42. The van der Waals surface area contributed by atoms with Gasteiger partial charge in [-0.25, -0.2) is 0 Å². The van der Waals surface area contributed by atoms with Gasteiger partial charge in [0, 0.05) is 29.0 Å². The Balaban J connectivity index is 2.00. The first-order chi connectivity index (χ1) is 11.8. The molecule has 1 fully saturated rings. The van der Waals surface area contributed by atoms with E-state index in [9.17, 15) is 4.79 Å². The van der Waals surface area contributed by atoms with Crippen molar-refractivity contribution in [3.8, 4) is 0 Å². The highest BCUT2D eigenvalue weighted by Crippen LogP contribution is 2.40. The zero-order valence-corrected chi connectivity index (χ0v) is 15.0. The smallest absolute Gasteiger partial charge is 0.232 e. The van der Waals surface area contributed by atoms with E-state index in [-0.39, 0.29) is 17.4 Å². The topological polar surface area (TPSA) is 85.2 Å². The Morgan fingerprint density at radius 1 is 1.32 bits per heavy atom. The molecule has 130 valence electrons. The maximum absolute atomic E-state index is 12.7. The summed E-state index contributed by atoms with van der Waals surface area (Å²) in [5, 5.41) is 9.30. The van der Waals surface area contributed by atoms with Crippen LogP contribution in [0.4, 0.5) is 5.69 Å². The molecule has 0 saturated carbocycles. The lowest BCUT2D eigenvalue weighted by molar-refractivity contribution is -0.123. The maximum atomic E-state index is 12.7. The Labute approximate surface area is 146 Å². The van der Waals surface area contributed by atoms with Gasteiger partial charge in [-0.2, -0.15) is 5.10 Å². The summed E-state index contributed by atoms with van der Waals surface area (Å²) < 4.78 is 6.18. The van der Waals surface area contributed by atoms with Crippen molar-refractivity contribution in [3.05, 3.63) is 29.5 Å². The first kappa shape index (κ1) is 16.0. The summed E-state index contributed by atoms with van der Waals surface area (Å²) in [6.45, 7) is 8.55. The lowest BCUT2D eigenvalue weighted by Gasteiger charge is -2.19. The molecule has 1 aliphatic heterocycles. The summed E-state index contributed by atoms with van der Waals surface area (Å²) in [5.41, 5.74) is 10.5. The van der Waals surface area contributed by atoms with Crippen LogP contribution in [-0.2, 0) is 4.79 Å². The number of nitrogens with zero attached hydrogens (tertiary/aromatic N) is 3. The molecule has 4 rings (SSSR count). The van der Waals surface area contributed by atoms with E-state index in [1.165, 1.54) is 0 Å². The summed E-state index contributed by atoms with van der Waals surface area (Å²) in [4.78, 5) is 14.5. The molecule has 1 amide bonds. The van der Waals surface area contributed by atoms with E-state index >= 15 is 0 Å². The predicted octanol–water partition coefficient (Wildman–Crippen LogP) is 3.47. The first-order valence-electron chi connectivity index (χ1n) is 8.55.